The van der Waals surface area contributed by atoms with Crippen LogP contribution in [0.25, 0.3) is 10.9 Å². The van der Waals surface area contributed by atoms with Gasteiger partial charge in [-0.05, 0) is 72.6 Å². The average molecular weight is 370 g/mol. The number of halogens is 1. The molecule has 3 aromatic carbocycles. The summed E-state index contributed by atoms with van der Waals surface area (Å²) in [6, 6.07) is 22.1. The second-order valence-corrected chi connectivity index (χ2v) is 6.75. The maximum absolute atomic E-state index is 13.4. The molecule has 4 rings (SSSR count). The normalized spacial score (nSPS) is 11.4. The molecule has 1 heterocycles. The first-order chi connectivity index (χ1) is 13.6. The van der Waals surface area contributed by atoms with Crippen molar-refractivity contribution in [2.75, 3.05) is 0 Å². The molecule has 0 radical (unpaired) electrons. The third-order valence-electron chi connectivity index (χ3n) is 4.67. The van der Waals surface area contributed by atoms with Gasteiger partial charge in [-0.25, -0.2) is 4.39 Å². The molecule has 3 nitrogen and oxygen atoms in total. The first kappa shape index (κ1) is 17.9. The van der Waals surface area contributed by atoms with E-state index in [0.717, 1.165) is 27.7 Å². The van der Waals surface area contributed by atoms with Crippen LogP contribution >= 0.6 is 0 Å². The van der Waals surface area contributed by atoms with Crippen LogP contribution in [0.1, 0.15) is 28.4 Å². The van der Waals surface area contributed by atoms with E-state index in [-0.39, 0.29) is 11.6 Å². The Morgan fingerprint density at radius 3 is 2.61 bits per heavy atom. The molecule has 0 saturated heterocycles. The highest BCUT2D eigenvalue weighted by Gasteiger charge is 2.04. The number of ketones is 1. The van der Waals surface area contributed by atoms with Crippen molar-refractivity contribution in [2.45, 2.75) is 13.5 Å². The van der Waals surface area contributed by atoms with Crippen molar-refractivity contribution >= 4 is 28.6 Å². The van der Waals surface area contributed by atoms with Crippen LogP contribution < -0.4 is 0 Å². The second-order valence-electron chi connectivity index (χ2n) is 6.75. The summed E-state index contributed by atoms with van der Waals surface area (Å²) in [6.07, 6.45) is 3.82. The van der Waals surface area contributed by atoms with Crippen molar-refractivity contribution in [3.05, 3.63) is 102 Å². The summed E-state index contributed by atoms with van der Waals surface area (Å²) in [5, 5.41) is 1.10. The fourth-order valence-corrected chi connectivity index (χ4v) is 3.20. The number of carbonyl (C=O) groups is 1. The number of benzene rings is 3. The van der Waals surface area contributed by atoms with Gasteiger partial charge in [0.15, 0.2) is 5.78 Å². The van der Waals surface area contributed by atoms with Gasteiger partial charge in [0.2, 0.25) is 0 Å². The molecule has 0 aliphatic carbocycles. The zero-order valence-corrected chi connectivity index (χ0v) is 15.5. The smallest absolute Gasteiger partial charge is 0.159 e. The Hall–Kier alpha value is -3.53. The Morgan fingerprint density at radius 2 is 1.86 bits per heavy atom. The van der Waals surface area contributed by atoms with Crippen molar-refractivity contribution in [3.8, 4) is 0 Å². The van der Waals surface area contributed by atoms with E-state index in [9.17, 15) is 9.18 Å². The van der Waals surface area contributed by atoms with Crippen LogP contribution in [-0.2, 0) is 6.54 Å². The van der Waals surface area contributed by atoms with E-state index in [1.165, 1.54) is 6.07 Å². The highest BCUT2D eigenvalue weighted by molar-refractivity contribution is 5.94. The fraction of sp³-hybridized carbons (Fsp3) is 0.0833. The zero-order valence-electron chi connectivity index (χ0n) is 15.5. The standard InChI is InChI=1S/C24H19FN2O/c1-17(28)20-6-8-23(9-7-20)26-15-18-5-10-24-21(13-18)11-12-27(24)16-19-3-2-4-22(25)14-19/h2-15H,16H2,1H3. The summed E-state index contributed by atoms with van der Waals surface area (Å²) in [6.45, 7) is 2.17. The quantitative estimate of drug-likeness (QED) is 0.324. The van der Waals surface area contributed by atoms with E-state index >= 15 is 0 Å². The van der Waals surface area contributed by atoms with E-state index < -0.39 is 0 Å². The van der Waals surface area contributed by atoms with E-state index in [2.05, 4.69) is 21.7 Å². The van der Waals surface area contributed by atoms with Crippen LogP contribution in [0.3, 0.4) is 0 Å². The molecule has 4 heteroatoms. The molecule has 0 aliphatic rings. The summed E-state index contributed by atoms with van der Waals surface area (Å²) < 4.78 is 15.5. The van der Waals surface area contributed by atoms with Crippen molar-refractivity contribution in [3.63, 3.8) is 0 Å². The Labute approximate surface area is 162 Å². The maximum Gasteiger partial charge on any atom is 0.159 e. The lowest BCUT2D eigenvalue weighted by Crippen LogP contribution is -1.98. The molecule has 0 aliphatic heterocycles. The number of hydrogen-bond donors (Lipinski definition) is 0. The highest BCUT2D eigenvalue weighted by atomic mass is 19.1. The van der Waals surface area contributed by atoms with Crippen LogP contribution in [0.15, 0.2) is 84.0 Å². The minimum absolute atomic E-state index is 0.0451. The Kier molecular flexibility index (Phi) is 4.85. The van der Waals surface area contributed by atoms with Crippen molar-refractivity contribution in [1.82, 2.24) is 4.57 Å². The minimum Gasteiger partial charge on any atom is -0.343 e. The summed E-state index contributed by atoms with van der Waals surface area (Å²) in [5.41, 5.74) is 4.49. The van der Waals surface area contributed by atoms with Crippen LogP contribution in [0.4, 0.5) is 10.1 Å². The van der Waals surface area contributed by atoms with Gasteiger partial charge in [0.25, 0.3) is 0 Å². The van der Waals surface area contributed by atoms with Gasteiger partial charge in [0, 0.05) is 35.4 Å². The molecular weight excluding hydrogens is 351 g/mol. The maximum atomic E-state index is 13.4. The average Bonchev–Trinajstić information content (AvgIpc) is 3.09. The predicted octanol–water partition coefficient (Wildman–Crippen LogP) is 5.78. The summed E-state index contributed by atoms with van der Waals surface area (Å²) in [5.74, 6) is -0.174. The van der Waals surface area contributed by atoms with Crippen molar-refractivity contribution in [1.29, 1.82) is 0 Å². The number of aliphatic imine (C=N–C) groups is 1. The van der Waals surface area contributed by atoms with E-state index in [4.69, 9.17) is 0 Å². The van der Waals surface area contributed by atoms with Crippen LogP contribution in [-0.4, -0.2) is 16.6 Å². The highest BCUT2D eigenvalue weighted by Crippen LogP contribution is 2.20. The van der Waals surface area contributed by atoms with Gasteiger partial charge >= 0.3 is 0 Å². The van der Waals surface area contributed by atoms with Crippen LogP contribution in [0.2, 0.25) is 0 Å². The second kappa shape index (κ2) is 7.61. The molecule has 0 unspecified atom stereocenters. The van der Waals surface area contributed by atoms with E-state index in [1.807, 2.05) is 42.7 Å². The molecule has 0 bridgehead atoms. The monoisotopic (exact) mass is 370 g/mol. The largest absolute Gasteiger partial charge is 0.343 e. The van der Waals surface area contributed by atoms with Crippen LogP contribution in [0.5, 0.6) is 0 Å². The molecule has 138 valence electrons. The number of Topliss-reactive ketones (excluding diaryl/α,β-unsaturated/α-hetero) is 1. The molecule has 0 fully saturated rings. The van der Waals surface area contributed by atoms with Gasteiger partial charge in [-0.3, -0.25) is 9.79 Å². The van der Waals surface area contributed by atoms with E-state index in [1.54, 1.807) is 31.2 Å². The van der Waals surface area contributed by atoms with Gasteiger partial charge in [-0.2, -0.15) is 0 Å². The number of fused-ring (bicyclic) bond motifs is 1. The molecule has 1 aromatic heterocycles. The summed E-state index contributed by atoms with van der Waals surface area (Å²) in [7, 11) is 0. The lowest BCUT2D eigenvalue weighted by Gasteiger charge is -2.06. The van der Waals surface area contributed by atoms with Crippen molar-refractivity contribution in [2.24, 2.45) is 4.99 Å². The molecule has 0 N–H and O–H groups in total. The van der Waals surface area contributed by atoms with Gasteiger partial charge in [0.05, 0.1) is 5.69 Å². The number of carbonyl (C=O) groups excluding carboxylic acids is 1. The molecule has 0 saturated carbocycles. The van der Waals surface area contributed by atoms with Crippen LogP contribution in [0, 0.1) is 5.82 Å². The number of hydrogen-bond acceptors (Lipinski definition) is 2. The number of rotatable bonds is 5. The Bertz CT molecular complexity index is 1170. The van der Waals surface area contributed by atoms with Gasteiger partial charge in [-0.15, -0.1) is 0 Å². The Morgan fingerprint density at radius 1 is 1.04 bits per heavy atom. The summed E-state index contributed by atoms with van der Waals surface area (Å²) >= 11 is 0. The first-order valence-electron chi connectivity index (χ1n) is 9.07. The SMILES string of the molecule is CC(=O)c1ccc(N=Cc2ccc3c(ccn3Cc3cccc(F)c3)c2)cc1. The minimum atomic E-state index is -0.219. The first-order valence-corrected chi connectivity index (χ1v) is 9.07. The molecule has 0 spiro atoms. The van der Waals surface area contributed by atoms with E-state index in [0.29, 0.717) is 12.1 Å². The molecule has 4 aromatic rings. The lowest BCUT2D eigenvalue weighted by atomic mass is 10.1. The Balaban J connectivity index is 1.54. The topological polar surface area (TPSA) is 34.4 Å². The fourth-order valence-electron chi connectivity index (χ4n) is 3.20. The third kappa shape index (κ3) is 3.91. The molecule has 0 amide bonds. The van der Waals surface area contributed by atoms with Gasteiger partial charge < -0.3 is 4.57 Å². The number of nitrogens with zero attached hydrogens (tertiary/aromatic N) is 2. The zero-order chi connectivity index (χ0) is 19.5. The van der Waals surface area contributed by atoms with Crippen molar-refractivity contribution < 1.29 is 9.18 Å². The third-order valence-corrected chi connectivity index (χ3v) is 4.67. The molecule has 0 atom stereocenters. The molecule has 28 heavy (non-hydrogen) atoms. The predicted molar refractivity (Wildman–Crippen MR) is 111 cm³/mol. The molecular formula is C24H19FN2O. The summed E-state index contributed by atoms with van der Waals surface area (Å²) in [4.78, 5) is 15.8. The van der Waals surface area contributed by atoms with Gasteiger partial charge in [0.1, 0.15) is 5.82 Å². The number of aromatic nitrogens is 1. The lowest BCUT2D eigenvalue weighted by molar-refractivity contribution is 0.101. The van der Waals surface area contributed by atoms with Gasteiger partial charge in [-0.1, -0.05) is 18.2 Å².